The van der Waals surface area contributed by atoms with Gasteiger partial charge in [0.25, 0.3) is 0 Å². The van der Waals surface area contributed by atoms with Crippen molar-refractivity contribution in [1.82, 2.24) is 4.90 Å². The van der Waals surface area contributed by atoms with E-state index in [1.165, 1.54) is 24.2 Å². The number of hydrogen-bond acceptors (Lipinski definition) is 6. The number of carbonyl (C=O) groups is 1. The summed E-state index contributed by atoms with van der Waals surface area (Å²) in [4.78, 5) is 23.5. The molecule has 1 N–H and O–H groups in total. The fraction of sp³-hybridized carbons (Fsp3) is 0.480. The standard InChI is InChI=1S/C25H29ClN4O2S/c26-24-10-9-23(33-24)22(31)8-6-18-16-20(28-32-18)19-7-5-17(25(27)30-13-3-4-14-30)15-21(19)29-11-1-2-12-29/h5,7,9-10,15,18,27H,1-4,6,8,11-14,16H2. The number of ketones is 1. The number of hydrogen-bond donors (Lipinski definition) is 1. The van der Waals surface area contributed by atoms with E-state index in [0.717, 1.165) is 61.5 Å². The third-order valence-corrected chi connectivity index (χ3v) is 8.00. The normalized spacial score (nSPS) is 20.3. The van der Waals surface area contributed by atoms with Gasteiger partial charge in [0.2, 0.25) is 0 Å². The van der Waals surface area contributed by atoms with Gasteiger partial charge in [-0.3, -0.25) is 10.2 Å². The van der Waals surface area contributed by atoms with E-state index in [0.29, 0.717) is 34.3 Å². The Bertz CT molecular complexity index is 1070. The Kier molecular flexibility index (Phi) is 6.69. The second-order valence-electron chi connectivity index (χ2n) is 9.00. The summed E-state index contributed by atoms with van der Waals surface area (Å²) in [7, 11) is 0. The van der Waals surface area contributed by atoms with E-state index in [-0.39, 0.29) is 11.9 Å². The van der Waals surface area contributed by atoms with Crippen LogP contribution in [0.4, 0.5) is 5.69 Å². The summed E-state index contributed by atoms with van der Waals surface area (Å²) in [5.74, 6) is 0.723. The number of anilines is 1. The van der Waals surface area contributed by atoms with E-state index in [9.17, 15) is 4.79 Å². The first-order valence-corrected chi connectivity index (χ1v) is 13.0. The molecule has 0 bridgehead atoms. The van der Waals surface area contributed by atoms with Gasteiger partial charge >= 0.3 is 0 Å². The van der Waals surface area contributed by atoms with Gasteiger partial charge < -0.3 is 14.6 Å². The third-order valence-electron chi connectivity index (χ3n) is 6.73. The zero-order chi connectivity index (χ0) is 22.8. The molecule has 2 saturated heterocycles. The molecule has 3 aliphatic heterocycles. The molecule has 1 atom stereocenters. The monoisotopic (exact) mass is 484 g/mol. The molecule has 2 fully saturated rings. The summed E-state index contributed by atoms with van der Waals surface area (Å²) >= 11 is 7.28. The molecule has 2 aromatic rings. The predicted octanol–water partition coefficient (Wildman–Crippen LogP) is 5.58. The lowest BCUT2D eigenvalue weighted by atomic mass is 9.97. The fourth-order valence-electron chi connectivity index (χ4n) is 4.89. The Morgan fingerprint density at radius 2 is 1.88 bits per heavy atom. The SMILES string of the molecule is N=C(c1ccc(C2=NOC(CCC(=O)c3ccc(Cl)s3)C2)c(N2CCCC2)c1)N1CCCC1. The number of carbonyl (C=O) groups excluding carboxylic acids is 1. The van der Waals surface area contributed by atoms with Crippen LogP contribution in [-0.2, 0) is 4.84 Å². The van der Waals surface area contributed by atoms with Gasteiger partial charge in [-0.1, -0.05) is 28.9 Å². The minimum atomic E-state index is -0.0895. The number of amidine groups is 1. The predicted molar refractivity (Wildman–Crippen MR) is 134 cm³/mol. The van der Waals surface area contributed by atoms with Crippen molar-refractivity contribution in [3.63, 3.8) is 0 Å². The van der Waals surface area contributed by atoms with Gasteiger partial charge in [-0.05, 0) is 50.3 Å². The molecule has 0 amide bonds. The molecule has 1 aromatic carbocycles. The van der Waals surface area contributed by atoms with E-state index < -0.39 is 0 Å². The molecule has 1 aromatic heterocycles. The highest BCUT2D eigenvalue weighted by molar-refractivity contribution is 7.18. The quantitative estimate of drug-likeness (QED) is 0.316. The van der Waals surface area contributed by atoms with Gasteiger partial charge in [0, 0.05) is 55.8 Å². The van der Waals surface area contributed by atoms with Crippen LogP contribution in [-0.4, -0.2) is 54.5 Å². The van der Waals surface area contributed by atoms with Crippen molar-refractivity contribution in [3.05, 3.63) is 50.7 Å². The second-order valence-corrected chi connectivity index (χ2v) is 10.7. The zero-order valence-corrected chi connectivity index (χ0v) is 20.3. The molecule has 0 saturated carbocycles. The molecular weight excluding hydrogens is 456 g/mol. The molecule has 174 valence electrons. The summed E-state index contributed by atoms with van der Waals surface area (Å²) in [6.45, 7) is 4.00. The van der Waals surface area contributed by atoms with Crippen LogP contribution in [0.25, 0.3) is 0 Å². The minimum Gasteiger partial charge on any atom is -0.392 e. The second kappa shape index (κ2) is 9.85. The largest absolute Gasteiger partial charge is 0.392 e. The maximum Gasteiger partial charge on any atom is 0.172 e. The summed E-state index contributed by atoms with van der Waals surface area (Å²) in [6.07, 6.45) is 6.37. The summed E-state index contributed by atoms with van der Waals surface area (Å²) in [5.41, 5.74) is 4.15. The first-order chi connectivity index (χ1) is 16.1. The van der Waals surface area contributed by atoms with E-state index in [4.69, 9.17) is 21.8 Å². The molecular formula is C25H29ClN4O2S. The lowest BCUT2D eigenvalue weighted by Gasteiger charge is -2.24. The number of rotatable bonds is 7. The average Bonchev–Trinajstić information content (AvgIpc) is 3.63. The third kappa shape index (κ3) is 4.94. The lowest BCUT2D eigenvalue weighted by molar-refractivity contribution is 0.0720. The number of benzene rings is 1. The Labute approximate surface area is 203 Å². The Morgan fingerprint density at radius 3 is 2.61 bits per heavy atom. The van der Waals surface area contributed by atoms with Crippen LogP contribution in [0, 0.1) is 5.41 Å². The van der Waals surface area contributed by atoms with Crippen molar-refractivity contribution < 1.29 is 9.63 Å². The molecule has 0 spiro atoms. The lowest BCUT2D eigenvalue weighted by Crippen LogP contribution is -2.28. The van der Waals surface area contributed by atoms with E-state index in [1.54, 1.807) is 12.1 Å². The molecule has 1 unspecified atom stereocenters. The Morgan fingerprint density at radius 1 is 1.12 bits per heavy atom. The topological polar surface area (TPSA) is 69.0 Å². The summed E-state index contributed by atoms with van der Waals surface area (Å²) < 4.78 is 0.636. The van der Waals surface area contributed by atoms with Gasteiger partial charge in [0.15, 0.2) is 5.78 Å². The number of halogens is 1. The summed E-state index contributed by atoms with van der Waals surface area (Å²) in [5, 5.41) is 13.1. The smallest absolute Gasteiger partial charge is 0.172 e. The van der Waals surface area contributed by atoms with Crippen LogP contribution in [0.5, 0.6) is 0 Å². The number of thiophene rings is 1. The van der Waals surface area contributed by atoms with Gasteiger partial charge in [-0.25, -0.2) is 0 Å². The van der Waals surface area contributed by atoms with Crippen molar-refractivity contribution in [1.29, 1.82) is 5.41 Å². The van der Waals surface area contributed by atoms with Crippen LogP contribution >= 0.6 is 22.9 Å². The number of Topliss-reactive ketones (excluding diaryl/α,β-unsaturated/α-hetero) is 1. The van der Waals surface area contributed by atoms with Crippen molar-refractivity contribution >= 4 is 46.0 Å². The van der Waals surface area contributed by atoms with Crippen molar-refractivity contribution in [3.8, 4) is 0 Å². The molecule has 0 aliphatic carbocycles. The highest BCUT2D eigenvalue weighted by Crippen LogP contribution is 2.32. The minimum absolute atomic E-state index is 0.0895. The highest BCUT2D eigenvalue weighted by atomic mass is 35.5. The van der Waals surface area contributed by atoms with E-state index in [1.807, 2.05) is 0 Å². The number of oxime groups is 1. The van der Waals surface area contributed by atoms with Crippen LogP contribution in [0.3, 0.4) is 0 Å². The average molecular weight is 485 g/mol. The van der Waals surface area contributed by atoms with Gasteiger partial charge in [-0.2, -0.15) is 0 Å². The van der Waals surface area contributed by atoms with Gasteiger partial charge in [-0.15, -0.1) is 11.3 Å². The first kappa shape index (κ1) is 22.4. The molecule has 5 rings (SSSR count). The van der Waals surface area contributed by atoms with Crippen LogP contribution in [0.2, 0.25) is 4.34 Å². The summed E-state index contributed by atoms with van der Waals surface area (Å²) in [6, 6.07) is 9.88. The number of nitrogens with zero attached hydrogens (tertiary/aromatic N) is 3. The fourth-order valence-corrected chi connectivity index (χ4v) is 5.90. The van der Waals surface area contributed by atoms with Crippen LogP contribution < -0.4 is 4.90 Å². The van der Waals surface area contributed by atoms with Crippen LogP contribution in [0.1, 0.15) is 65.7 Å². The van der Waals surface area contributed by atoms with Gasteiger partial charge in [0.05, 0.1) is 14.9 Å². The molecule has 33 heavy (non-hydrogen) atoms. The Balaban J connectivity index is 1.28. The zero-order valence-electron chi connectivity index (χ0n) is 18.7. The molecule has 3 aliphatic rings. The Hall–Kier alpha value is -2.38. The van der Waals surface area contributed by atoms with E-state index in [2.05, 4.69) is 33.2 Å². The molecule has 8 heteroatoms. The van der Waals surface area contributed by atoms with E-state index >= 15 is 0 Å². The van der Waals surface area contributed by atoms with Crippen molar-refractivity contribution in [2.45, 2.75) is 51.0 Å². The highest BCUT2D eigenvalue weighted by Gasteiger charge is 2.28. The maximum atomic E-state index is 12.4. The van der Waals surface area contributed by atoms with Crippen molar-refractivity contribution in [2.24, 2.45) is 5.16 Å². The van der Waals surface area contributed by atoms with Gasteiger partial charge in [0.1, 0.15) is 11.9 Å². The number of nitrogens with one attached hydrogen (secondary N) is 1. The first-order valence-electron chi connectivity index (χ1n) is 11.8. The van der Waals surface area contributed by atoms with Crippen LogP contribution in [0.15, 0.2) is 35.5 Å². The molecule has 0 radical (unpaired) electrons. The molecule has 6 nitrogen and oxygen atoms in total. The van der Waals surface area contributed by atoms with Crippen molar-refractivity contribution in [2.75, 3.05) is 31.1 Å². The number of likely N-dealkylation sites (tertiary alicyclic amines) is 1. The molecule has 4 heterocycles. The maximum absolute atomic E-state index is 12.4.